The summed E-state index contributed by atoms with van der Waals surface area (Å²) < 4.78 is 14.0. The van der Waals surface area contributed by atoms with Crippen molar-refractivity contribution in [3.05, 3.63) is 204 Å². The molecule has 11 aromatic rings. The van der Waals surface area contributed by atoms with E-state index in [2.05, 4.69) is 210 Å². The Kier molecular flexibility index (Phi) is 7.16. The Balaban J connectivity index is 0.906. The fraction of sp³-hybridized carbons (Fsp3) is 0.100. The molecule has 2 aliphatic carbocycles. The summed E-state index contributed by atoms with van der Waals surface area (Å²) in [6, 6.07) is 66.7. The van der Waals surface area contributed by atoms with Crippen molar-refractivity contribution in [3.8, 4) is 66.8 Å². The first kappa shape index (κ1) is 35.3. The van der Waals surface area contributed by atoms with Crippen LogP contribution in [-0.2, 0) is 10.8 Å². The third-order valence-corrected chi connectivity index (χ3v) is 14.3. The summed E-state index contributed by atoms with van der Waals surface area (Å²) in [5.74, 6) is 0. The first-order valence-electron chi connectivity index (χ1n) is 21.7. The Morgan fingerprint density at radius 3 is 0.984 bits per heavy atom. The molecule has 0 saturated carbocycles. The molecule has 0 saturated heterocycles. The molecule has 0 amide bonds. The second kappa shape index (κ2) is 12.6. The van der Waals surface area contributed by atoms with Crippen LogP contribution in [0.2, 0.25) is 0 Å². The van der Waals surface area contributed by atoms with Crippen molar-refractivity contribution in [3.63, 3.8) is 0 Å². The van der Waals surface area contributed by atoms with Gasteiger partial charge in [0.2, 0.25) is 0 Å². The normalized spacial score (nSPS) is 14.4. The molecule has 0 fully saturated rings. The summed E-state index contributed by atoms with van der Waals surface area (Å²) in [5, 5.41) is 4.30. The number of hydrogen-bond acceptors (Lipinski definition) is 2. The number of hydrogen-bond donors (Lipinski definition) is 0. The molecular weight excluding hydrogens is 753 g/mol. The van der Waals surface area contributed by atoms with Gasteiger partial charge in [-0.25, -0.2) is 0 Å². The summed E-state index contributed by atoms with van der Waals surface area (Å²) in [5.41, 5.74) is 23.1. The molecule has 0 atom stereocenters. The summed E-state index contributed by atoms with van der Waals surface area (Å²) >= 11 is 0. The van der Waals surface area contributed by atoms with Gasteiger partial charge in [0, 0.05) is 43.5 Å². The Hall–Kier alpha value is -7.42. The Morgan fingerprint density at radius 2 is 0.597 bits per heavy atom. The molecular formula is C60H42O2. The largest absolute Gasteiger partial charge is 0.451 e. The van der Waals surface area contributed by atoms with E-state index in [1.807, 2.05) is 0 Å². The molecule has 2 aliphatic rings. The zero-order chi connectivity index (χ0) is 41.5. The lowest BCUT2D eigenvalue weighted by Gasteiger charge is -2.22. The van der Waals surface area contributed by atoms with Gasteiger partial charge in [-0.3, -0.25) is 0 Å². The van der Waals surface area contributed by atoms with Crippen molar-refractivity contribution in [1.82, 2.24) is 0 Å². The lowest BCUT2D eigenvalue weighted by molar-refractivity contribution is 0.634. The van der Waals surface area contributed by atoms with Crippen LogP contribution in [-0.4, -0.2) is 0 Å². The van der Waals surface area contributed by atoms with Gasteiger partial charge >= 0.3 is 0 Å². The highest BCUT2D eigenvalue weighted by molar-refractivity contribution is 6.21. The molecule has 2 aromatic heterocycles. The summed E-state index contributed by atoms with van der Waals surface area (Å²) in [6.07, 6.45) is 0. The van der Waals surface area contributed by atoms with Crippen molar-refractivity contribution < 1.29 is 8.83 Å². The van der Waals surface area contributed by atoms with E-state index < -0.39 is 0 Å². The minimum Gasteiger partial charge on any atom is -0.451 e. The van der Waals surface area contributed by atoms with E-state index in [0.717, 1.165) is 66.1 Å². The van der Waals surface area contributed by atoms with Crippen LogP contribution in [0.15, 0.2) is 191 Å². The molecule has 0 bridgehead atoms. The summed E-state index contributed by atoms with van der Waals surface area (Å²) in [6.45, 7) is 9.42. The zero-order valence-electron chi connectivity index (χ0n) is 35.1. The highest BCUT2D eigenvalue weighted by Crippen LogP contribution is 2.53. The standard InChI is InChI=1S/C60H42O2/c1-59(2)51-31-37(35-13-7-5-8-14-35)21-25-43(51)45-27-23-39(33-53(45)59)41-17-11-19-47-49-29-30-50-48-20-12-18-42(56(48)62-58(50)57(49)61-55(41)47)40-24-28-46-44-26-22-38(36-15-9-6-10-16-36)32-52(44)60(3,4)54(46)34-40/h5-34H,1-4H3. The second-order valence-corrected chi connectivity index (χ2v) is 18.4. The lowest BCUT2D eigenvalue weighted by Crippen LogP contribution is -2.15. The summed E-state index contributed by atoms with van der Waals surface area (Å²) in [4.78, 5) is 0. The van der Waals surface area contributed by atoms with Crippen LogP contribution in [0.4, 0.5) is 0 Å². The number of rotatable bonds is 4. The average Bonchev–Trinajstić information content (AvgIpc) is 4.02. The van der Waals surface area contributed by atoms with Crippen molar-refractivity contribution in [2.75, 3.05) is 0 Å². The van der Waals surface area contributed by atoms with Gasteiger partial charge in [-0.1, -0.05) is 173 Å². The molecule has 62 heavy (non-hydrogen) atoms. The van der Waals surface area contributed by atoms with Gasteiger partial charge in [-0.2, -0.15) is 0 Å². The van der Waals surface area contributed by atoms with Gasteiger partial charge in [0.05, 0.1) is 0 Å². The highest BCUT2D eigenvalue weighted by Gasteiger charge is 2.37. The van der Waals surface area contributed by atoms with Crippen LogP contribution in [0.25, 0.3) is 111 Å². The number of benzene rings is 9. The van der Waals surface area contributed by atoms with Crippen LogP contribution in [0, 0.1) is 0 Å². The fourth-order valence-electron chi connectivity index (χ4n) is 11.0. The number of fused-ring (bicyclic) bond motifs is 13. The van der Waals surface area contributed by atoms with Crippen molar-refractivity contribution in [2.24, 2.45) is 0 Å². The smallest absolute Gasteiger partial charge is 0.178 e. The van der Waals surface area contributed by atoms with E-state index in [-0.39, 0.29) is 10.8 Å². The molecule has 2 nitrogen and oxygen atoms in total. The van der Waals surface area contributed by atoms with Gasteiger partial charge in [0.25, 0.3) is 0 Å². The fourth-order valence-corrected chi connectivity index (χ4v) is 11.0. The Bertz CT molecular complexity index is 3430. The van der Waals surface area contributed by atoms with E-state index in [1.54, 1.807) is 0 Å². The minimum atomic E-state index is -0.157. The molecule has 0 aliphatic heterocycles. The topological polar surface area (TPSA) is 26.3 Å². The van der Waals surface area contributed by atoms with Crippen molar-refractivity contribution in [1.29, 1.82) is 0 Å². The van der Waals surface area contributed by atoms with Gasteiger partial charge < -0.3 is 8.83 Å². The maximum absolute atomic E-state index is 7.00. The van der Waals surface area contributed by atoms with E-state index in [1.165, 1.54) is 66.8 Å². The Morgan fingerprint density at radius 1 is 0.258 bits per heavy atom. The van der Waals surface area contributed by atoms with Crippen molar-refractivity contribution in [2.45, 2.75) is 38.5 Å². The SMILES string of the molecule is CC1(C)c2cc(-c3ccccc3)ccc2-c2ccc(-c3cccc4c3oc3c4ccc4c5cccc(-c6ccc7c(c6)C(C)(C)c6cc(-c8ccccc8)ccc6-7)c5oc43)cc21. The Labute approximate surface area is 360 Å². The maximum atomic E-state index is 7.00. The molecule has 294 valence electrons. The molecule has 0 radical (unpaired) electrons. The van der Waals surface area contributed by atoms with Crippen LogP contribution in [0.3, 0.4) is 0 Å². The van der Waals surface area contributed by atoms with Crippen LogP contribution >= 0.6 is 0 Å². The predicted octanol–water partition coefficient (Wildman–Crippen LogP) is 16.8. The third-order valence-electron chi connectivity index (χ3n) is 14.3. The van der Waals surface area contributed by atoms with Gasteiger partial charge in [0.15, 0.2) is 11.2 Å². The first-order valence-corrected chi connectivity index (χ1v) is 21.7. The highest BCUT2D eigenvalue weighted by atomic mass is 16.4. The maximum Gasteiger partial charge on any atom is 0.178 e. The van der Waals surface area contributed by atoms with E-state index in [0.29, 0.717) is 0 Å². The molecule has 0 N–H and O–H groups in total. The summed E-state index contributed by atoms with van der Waals surface area (Å²) in [7, 11) is 0. The molecule has 0 unspecified atom stereocenters. The monoisotopic (exact) mass is 794 g/mol. The van der Waals surface area contributed by atoms with E-state index in [9.17, 15) is 0 Å². The molecule has 2 heterocycles. The first-order chi connectivity index (χ1) is 30.2. The third kappa shape index (κ3) is 4.86. The molecule has 2 heteroatoms. The molecule has 9 aromatic carbocycles. The van der Waals surface area contributed by atoms with Gasteiger partial charge in [-0.05, 0) is 114 Å². The predicted molar refractivity (Wildman–Crippen MR) is 258 cm³/mol. The van der Waals surface area contributed by atoms with Crippen molar-refractivity contribution >= 4 is 43.9 Å². The minimum absolute atomic E-state index is 0.157. The van der Waals surface area contributed by atoms with Crippen LogP contribution in [0.5, 0.6) is 0 Å². The molecule has 13 rings (SSSR count). The van der Waals surface area contributed by atoms with Gasteiger partial charge in [0.1, 0.15) is 11.2 Å². The number of para-hydroxylation sites is 2. The molecule has 0 spiro atoms. The quantitative estimate of drug-likeness (QED) is 0.177. The van der Waals surface area contributed by atoms with E-state index >= 15 is 0 Å². The lowest BCUT2D eigenvalue weighted by atomic mass is 9.81. The number of furan rings is 2. The van der Waals surface area contributed by atoms with Gasteiger partial charge in [-0.15, -0.1) is 0 Å². The van der Waals surface area contributed by atoms with E-state index in [4.69, 9.17) is 8.83 Å². The average molecular weight is 795 g/mol. The second-order valence-electron chi connectivity index (χ2n) is 18.4. The van der Waals surface area contributed by atoms with Crippen LogP contribution in [0.1, 0.15) is 49.9 Å². The van der Waals surface area contributed by atoms with Crippen LogP contribution < -0.4 is 0 Å². The zero-order valence-corrected chi connectivity index (χ0v) is 35.1.